The van der Waals surface area contributed by atoms with Crippen LogP contribution in [0.25, 0.3) is 10.6 Å². The number of para-hydroxylation sites is 1. The third-order valence-electron chi connectivity index (χ3n) is 5.21. The molecule has 2 aromatic carbocycles. The summed E-state index contributed by atoms with van der Waals surface area (Å²) in [6.45, 7) is 5.38. The normalized spacial score (nSPS) is 13.4. The molecule has 0 spiro atoms. The van der Waals surface area contributed by atoms with E-state index in [0.29, 0.717) is 13.2 Å². The Balaban J connectivity index is 1.32. The molecular weight excluding hydrogens is 394 g/mol. The summed E-state index contributed by atoms with van der Waals surface area (Å²) < 4.78 is 5.69. The van der Waals surface area contributed by atoms with Crippen molar-refractivity contribution in [1.82, 2.24) is 10.3 Å². The molecule has 0 saturated carbocycles. The lowest BCUT2D eigenvalue weighted by atomic mass is 10.2. The van der Waals surface area contributed by atoms with Gasteiger partial charge in [-0.25, -0.2) is 4.98 Å². The number of hydrogen-bond acceptors (Lipinski definition) is 5. The zero-order valence-electron chi connectivity index (χ0n) is 17.3. The Kier molecular flexibility index (Phi) is 6.64. The van der Waals surface area contributed by atoms with E-state index in [1.54, 1.807) is 0 Å². The van der Waals surface area contributed by atoms with Crippen LogP contribution in [-0.2, 0) is 17.8 Å². The van der Waals surface area contributed by atoms with Gasteiger partial charge in [-0.1, -0.05) is 24.3 Å². The second-order valence-electron chi connectivity index (χ2n) is 7.39. The molecule has 6 heteroatoms. The van der Waals surface area contributed by atoms with Gasteiger partial charge in [0.2, 0.25) is 5.91 Å². The molecular formula is C24H27N3O2S. The lowest BCUT2D eigenvalue weighted by molar-refractivity contribution is -0.120. The average Bonchev–Trinajstić information content (AvgIpc) is 3.46. The molecule has 1 aliphatic rings. The summed E-state index contributed by atoms with van der Waals surface area (Å²) in [6.07, 6.45) is 2.82. The molecule has 1 aliphatic heterocycles. The lowest BCUT2D eigenvalue weighted by Gasteiger charge is -2.17. The van der Waals surface area contributed by atoms with E-state index in [1.807, 2.05) is 36.6 Å². The second kappa shape index (κ2) is 9.76. The minimum atomic E-state index is -0.0198. The minimum Gasteiger partial charge on any atom is -0.493 e. The highest BCUT2D eigenvalue weighted by molar-refractivity contribution is 7.13. The molecule has 0 atom stereocenters. The van der Waals surface area contributed by atoms with Crippen molar-refractivity contribution in [2.45, 2.75) is 32.7 Å². The van der Waals surface area contributed by atoms with E-state index in [1.165, 1.54) is 29.9 Å². The molecule has 30 heavy (non-hydrogen) atoms. The highest BCUT2D eigenvalue weighted by Crippen LogP contribution is 2.32. The standard InChI is InChI=1S/C24H27N3O2S/c1-2-29-22-8-4-3-7-21(22)24-26-19(17-30-24)15-23(28)25-16-18-9-11-20(12-10-18)27-13-5-6-14-27/h3-4,7-12,17H,2,5-6,13-16H2,1H3,(H,25,28). The van der Waals surface area contributed by atoms with Gasteiger partial charge < -0.3 is 15.0 Å². The molecule has 1 aromatic heterocycles. The first-order chi connectivity index (χ1) is 14.7. The molecule has 1 fully saturated rings. The average molecular weight is 422 g/mol. The molecule has 4 rings (SSSR count). The highest BCUT2D eigenvalue weighted by atomic mass is 32.1. The predicted molar refractivity (Wildman–Crippen MR) is 122 cm³/mol. The number of nitrogens with zero attached hydrogens (tertiary/aromatic N) is 2. The van der Waals surface area contributed by atoms with Crippen LogP contribution in [0, 0.1) is 0 Å². The van der Waals surface area contributed by atoms with E-state index in [-0.39, 0.29) is 12.3 Å². The van der Waals surface area contributed by atoms with Crippen molar-refractivity contribution in [2.75, 3.05) is 24.6 Å². The third kappa shape index (κ3) is 5.00. The fraction of sp³-hybridized carbons (Fsp3) is 0.333. The molecule has 0 aliphatic carbocycles. The first kappa shape index (κ1) is 20.4. The monoisotopic (exact) mass is 421 g/mol. The maximum Gasteiger partial charge on any atom is 0.226 e. The summed E-state index contributed by atoms with van der Waals surface area (Å²) in [7, 11) is 0. The van der Waals surface area contributed by atoms with Gasteiger partial charge in [-0.2, -0.15) is 0 Å². The largest absolute Gasteiger partial charge is 0.493 e. The number of benzene rings is 2. The quantitative estimate of drug-likeness (QED) is 0.574. The number of aromatic nitrogens is 1. The Morgan fingerprint density at radius 2 is 1.90 bits per heavy atom. The fourth-order valence-electron chi connectivity index (χ4n) is 3.66. The summed E-state index contributed by atoms with van der Waals surface area (Å²) in [6, 6.07) is 16.4. The smallest absolute Gasteiger partial charge is 0.226 e. The number of amides is 1. The number of carbonyl (C=O) groups is 1. The molecule has 0 bridgehead atoms. The van der Waals surface area contributed by atoms with E-state index in [0.717, 1.165) is 40.7 Å². The van der Waals surface area contributed by atoms with Crippen LogP contribution >= 0.6 is 11.3 Å². The topological polar surface area (TPSA) is 54.5 Å². The molecule has 1 saturated heterocycles. The van der Waals surface area contributed by atoms with Gasteiger partial charge in [-0.05, 0) is 49.6 Å². The predicted octanol–water partition coefficient (Wildman–Crippen LogP) is 4.67. The van der Waals surface area contributed by atoms with E-state index < -0.39 is 0 Å². The zero-order valence-corrected chi connectivity index (χ0v) is 18.1. The molecule has 3 aromatic rings. The van der Waals surface area contributed by atoms with E-state index in [9.17, 15) is 4.79 Å². The summed E-state index contributed by atoms with van der Waals surface area (Å²) in [5.74, 6) is 0.802. The highest BCUT2D eigenvalue weighted by Gasteiger charge is 2.13. The second-order valence-corrected chi connectivity index (χ2v) is 8.25. The van der Waals surface area contributed by atoms with Crippen LogP contribution in [-0.4, -0.2) is 30.6 Å². The molecule has 2 heterocycles. The number of rotatable bonds is 8. The minimum absolute atomic E-state index is 0.0198. The van der Waals surface area contributed by atoms with Crippen molar-refractivity contribution >= 4 is 22.9 Å². The van der Waals surface area contributed by atoms with Gasteiger partial charge >= 0.3 is 0 Å². The molecule has 1 amide bonds. The summed E-state index contributed by atoms with van der Waals surface area (Å²) >= 11 is 1.54. The van der Waals surface area contributed by atoms with Crippen molar-refractivity contribution in [3.05, 3.63) is 65.2 Å². The van der Waals surface area contributed by atoms with Crippen LogP contribution in [0.4, 0.5) is 5.69 Å². The number of hydrogen-bond donors (Lipinski definition) is 1. The van der Waals surface area contributed by atoms with Gasteiger partial charge in [0, 0.05) is 30.7 Å². The molecule has 156 valence electrons. The van der Waals surface area contributed by atoms with Crippen LogP contribution < -0.4 is 15.0 Å². The van der Waals surface area contributed by atoms with Crippen molar-refractivity contribution in [2.24, 2.45) is 0 Å². The Bertz CT molecular complexity index is 978. The summed E-state index contributed by atoms with van der Waals surface area (Å²) in [4.78, 5) is 19.5. The first-order valence-electron chi connectivity index (χ1n) is 10.5. The first-order valence-corrected chi connectivity index (χ1v) is 11.4. The maximum atomic E-state index is 12.4. The Morgan fingerprint density at radius 1 is 1.13 bits per heavy atom. The Morgan fingerprint density at radius 3 is 2.67 bits per heavy atom. The van der Waals surface area contributed by atoms with Crippen LogP contribution in [0.15, 0.2) is 53.9 Å². The van der Waals surface area contributed by atoms with Gasteiger partial charge in [0.25, 0.3) is 0 Å². The fourth-order valence-corrected chi connectivity index (χ4v) is 4.51. The van der Waals surface area contributed by atoms with Crippen molar-refractivity contribution in [3.63, 3.8) is 0 Å². The number of nitrogens with one attached hydrogen (secondary N) is 1. The van der Waals surface area contributed by atoms with Crippen LogP contribution in [0.5, 0.6) is 5.75 Å². The number of ether oxygens (including phenoxy) is 1. The number of carbonyl (C=O) groups excluding carboxylic acids is 1. The van der Waals surface area contributed by atoms with Crippen LogP contribution in [0.2, 0.25) is 0 Å². The molecule has 5 nitrogen and oxygen atoms in total. The number of thiazole rings is 1. The van der Waals surface area contributed by atoms with Crippen LogP contribution in [0.3, 0.4) is 0 Å². The Hall–Kier alpha value is -2.86. The lowest BCUT2D eigenvalue weighted by Crippen LogP contribution is -2.24. The third-order valence-corrected chi connectivity index (χ3v) is 6.13. The maximum absolute atomic E-state index is 12.4. The van der Waals surface area contributed by atoms with Gasteiger partial charge in [-0.3, -0.25) is 4.79 Å². The SMILES string of the molecule is CCOc1ccccc1-c1nc(CC(=O)NCc2ccc(N3CCCC3)cc2)cs1. The Labute approximate surface area is 181 Å². The number of anilines is 1. The molecule has 0 radical (unpaired) electrons. The van der Waals surface area contributed by atoms with Crippen molar-refractivity contribution in [1.29, 1.82) is 0 Å². The van der Waals surface area contributed by atoms with E-state index >= 15 is 0 Å². The van der Waals surface area contributed by atoms with Gasteiger partial charge in [-0.15, -0.1) is 11.3 Å². The summed E-state index contributed by atoms with van der Waals surface area (Å²) in [5.41, 5.74) is 4.12. The van der Waals surface area contributed by atoms with Gasteiger partial charge in [0.15, 0.2) is 0 Å². The van der Waals surface area contributed by atoms with E-state index in [4.69, 9.17) is 4.74 Å². The van der Waals surface area contributed by atoms with Gasteiger partial charge in [0.05, 0.1) is 24.3 Å². The van der Waals surface area contributed by atoms with Crippen molar-refractivity contribution < 1.29 is 9.53 Å². The van der Waals surface area contributed by atoms with Gasteiger partial charge in [0.1, 0.15) is 10.8 Å². The van der Waals surface area contributed by atoms with Crippen molar-refractivity contribution in [3.8, 4) is 16.3 Å². The van der Waals surface area contributed by atoms with Crippen LogP contribution in [0.1, 0.15) is 31.0 Å². The molecule has 1 N–H and O–H groups in total. The molecule has 0 unspecified atom stereocenters. The summed E-state index contributed by atoms with van der Waals surface area (Å²) in [5, 5.41) is 5.83. The zero-order chi connectivity index (χ0) is 20.8. The van der Waals surface area contributed by atoms with E-state index in [2.05, 4.69) is 39.5 Å².